The highest BCUT2D eigenvalue weighted by molar-refractivity contribution is 5.81. The van der Waals surface area contributed by atoms with E-state index in [9.17, 15) is 0 Å². The number of nitrogens with one attached hydrogen (secondary N) is 2. The molecular weight excluding hydrogens is 334 g/mol. The fourth-order valence-corrected chi connectivity index (χ4v) is 3.89. The molecule has 0 bridgehead atoms. The van der Waals surface area contributed by atoms with Crippen LogP contribution in [0, 0.1) is 5.41 Å². The number of nitrogens with zero attached hydrogens (tertiary/aromatic N) is 1. The van der Waals surface area contributed by atoms with Crippen molar-refractivity contribution in [3.63, 3.8) is 0 Å². The summed E-state index contributed by atoms with van der Waals surface area (Å²) in [6.45, 7) is 6.37. The Bertz CT molecular complexity index is 872. The average molecular weight is 364 g/mol. The summed E-state index contributed by atoms with van der Waals surface area (Å²) in [5, 5.41) is 3.65. The van der Waals surface area contributed by atoms with E-state index in [1.165, 1.54) is 36.8 Å². The van der Waals surface area contributed by atoms with Gasteiger partial charge in [0, 0.05) is 12.6 Å². The minimum absolute atomic E-state index is 0.526. The lowest BCUT2D eigenvalue weighted by molar-refractivity contribution is 0.200. The molecule has 1 aromatic heterocycles. The van der Waals surface area contributed by atoms with Gasteiger partial charge in [0.05, 0.1) is 17.4 Å². The second-order valence-corrected chi connectivity index (χ2v) is 8.40. The summed E-state index contributed by atoms with van der Waals surface area (Å²) in [5.74, 6) is 0.924. The van der Waals surface area contributed by atoms with Crippen molar-refractivity contribution in [3.05, 3.63) is 48.8 Å². The second kappa shape index (κ2) is 7.73. The van der Waals surface area contributed by atoms with E-state index in [1.807, 2.05) is 6.07 Å². The van der Waals surface area contributed by atoms with Gasteiger partial charge in [-0.25, -0.2) is 4.98 Å². The zero-order chi connectivity index (χ0) is 18.7. The molecule has 1 aliphatic carbocycles. The molecule has 3 aromatic rings. The lowest BCUT2D eigenvalue weighted by Crippen LogP contribution is -2.37. The van der Waals surface area contributed by atoms with Crippen LogP contribution in [0.4, 0.5) is 0 Å². The molecule has 1 saturated carbocycles. The summed E-state index contributed by atoms with van der Waals surface area (Å²) in [6, 6.07) is 15.3. The van der Waals surface area contributed by atoms with Crippen molar-refractivity contribution in [1.82, 2.24) is 15.3 Å². The highest BCUT2D eigenvalue weighted by atomic mass is 16.5. The van der Waals surface area contributed by atoms with E-state index in [2.05, 4.69) is 65.5 Å². The van der Waals surface area contributed by atoms with Crippen LogP contribution in [0.2, 0.25) is 0 Å². The van der Waals surface area contributed by atoms with Gasteiger partial charge in [-0.1, -0.05) is 32.0 Å². The number of aromatic amines is 1. The van der Waals surface area contributed by atoms with Gasteiger partial charge in [-0.05, 0) is 66.5 Å². The van der Waals surface area contributed by atoms with Crippen LogP contribution in [-0.4, -0.2) is 29.2 Å². The number of ether oxygens (including phenoxy) is 1. The summed E-state index contributed by atoms with van der Waals surface area (Å²) in [5.41, 5.74) is 4.94. The van der Waals surface area contributed by atoms with Crippen LogP contribution in [-0.2, 0) is 0 Å². The minimum Gasteiger partial charge on any atom is -0.492 e. The molecule has 0 spiro atoms. The van der Waals surface area contributed by atoms with E-state index in [1.54, 1.807) is 6.33 Å². The van der Waals surface area contributed by atoms with Gasteiger partial charge < -0.3 is 15.0 Å². The van der Waals surface area contributed by atoms with Gasteiger partial charge in [-0.15, -0.1) is 0 Å². The van der Waals surface area contributed by atoms with Crippen molar-refractivity contribution in [2.45, 2.75) is 45.6 Å². The van der Waals surface area contributed by atoms with Crippen LogP contribution in [0.25, 0.3) is 22.2 Å². The Kier molecular flexibility index (Phi) is 5.17. The maximum atomic E-state index is 5.91. The second-order valence-electron chi connectivity index (χ2n) is 8.40. The van der Waals surface area contributed by atoms with Crippen LogP contribution in [0.1, 0.15) is 39.5 Å². The molecule has 0 radical (unpaired) electrons. The van der Waals surface area contributed by atoms with Crippen LogP contribution in [0.5, 0.6) is 5.75 Å². The molecule has 4 rings (SSSR count). The molecule has 142 valence electrons. The first-order chi connectivity index (χ1) is 13.1. The Hall–Kier alpha value is -2.33. The topological polar surface area (TPSA) is 49.9 Å². The maximum absolute atomic E-state index is 5.91. The molecule has 0 atom stereocenters. The fourth-order valence-electron chi connectivity index (χ4n) is 3.89. The van der Waals surface area contributed by atoms with Crippen LogP contribution in [0.15, 0.2) is 48.8 Å². The first-order valence-electron chi connectivity index (χ1n) is 9.99. The van der Waals surface area contributed by atoms with Crippen molar-refractivity contribution in [1.29, 1.82) is 0 Å². The van der Waals surface area contributed by atoms with E-state index in [0.717, 1.165) is 23.3 Å². The summed E-state index contributed by atoms with van der Waals surface area (Å²) in [6.07, 6.45) is 6.92. The van der Waals surface area contributed by atoms with Crippen molar-refractivity contribution < 1.29 is 4.74 Å². The molecule has 4 heteroatoms. The monoisotopic (exact) mass is 363 g/mol. The standard InChI is InChI=1S/C23H29N3O/c1-23(2)11-9-19(10-12-23)24-13-14-27-20-6-3-17(4-7-20)18-5-8-21-22(15-18)26-16-25-21/h3-8,15-16,19,24H,9-14H2,1-2H3,(H,25,26). The Labute approximate surface area is 161 Å². The smallest absolute Gasteiger partial charge is 0.119 e. The number of rotatable bonds is 6. The third-order valence-electron chi connectivity index (χ3n) is 5.75. The molecule has 4 nitrogen and oxygen atoms in total. The fraction of sp³-hybridized carbons (Fsp3) is 0.435. The van der Waals surface area contributed by atoms with Gasteiger partial charge in [0.25, 0.3) is 0 Å². The zero-order valence-corrected chi connectivity index (χ0v) is 16.3. The quantitative estimate of drug-likeness (QED) is 0.594. The molecule has 1 fully saturated rings. The molecule has 0 unspecified atom stereocenters. The first-order valence-corrected chi connectivity index (χ1v) is 9.99. The van der Waals surface area contributed by atoms with E-state index < -0.39 is 0 Å². The highest BCUT2D eigenvalue weighted by Crippen LogP contribution is 2.34. The van der Waals surface area contributed by atoms with Gasteiger partial charge >= 0.3 is 0 Å². The van der Waals surface area contributed by atoms with Crippen molar-refractivity contribution in [2.75, 3.05) is 13.2 Å². The molecule has 0 amide bonds. The lowest BCUT2D eigenvalue weighted by Gasteiger charge is -2.34. The number of fused-ring (bicyclic) bond motifs is 1. The number of hydrogen-bond donors (Lipinski definition) is 2. The summed E-state index contributed by atoms with van der Waals surface area (Å²) in [7, 11) is 0. The molecule has 1 heterocycles. The van der Waals surface area contributed by atoms with E-state index in [-0.39, 0.29) is 0 Å². The summed E-state index contributed by atoms with van der Waals surface area (Å²) in [4.78, 5) is 7.43. The average Bonchev–Trinajstić information content (AvgIpc) is 3.14. The zero-order valence-electron chi connectivity index (χ0n) is 16.3. The van der Waals surface area contributed by atoms with E-state index in [4.69, 9.17) is 4.74 Å². The number of H-pyrrole nitrogens is 1. The highest BCUT2D eigenvalue weighted by Gasteiger charge is 2.26. The van der Waals surface area contributed by atoms with E-state index >= 15 is 0 Å². The molecule has 1 aliphatic rings. The lowest BCUT2D eigenvalue weighted by atomic mass is 9.75. The van der Waals surface area contributed by atoms with E-state index in [0.29, 0.717) is 18.1 Å². The normalized spacial score (nSPS) is 17.3. The van der Waals surface area contributed by atoms with Crippen molar-refractivity contribution in [2.24, 2.45) is 5.41 Å². The summed E-state index contributed by atoms with van der Waals surface area (Å²) < 4.78 is 5.91. The maximum Gasteiger partial charge on any atom is 0.119 e. The first kappa shape index (κ1) is 18.1. The number of aromatic nitrogens is 2. The van der Waals surface area contributed by atoms with Crippen molar-refractivity contribution in [3.8, 4) is 16.9 Å². The van der Waals surface area contributed by atoms with Crippen LogP contribution < -0.4 is 10.1 Å². The number of imidazole rings is 1. The molecule has 0 aliphatic heterocycles. The van der Waals surface area contributed by atoms with Gasteiger partial charge in [0.15, 0.2) is 0 Å². The van der Waals surface area contributed by atoms with Gasteiger partial charge in [-0.2, -0.15) is 0 Å². The number of benzene rings is 2. The third-order valence-corrected chi connectivity index (χ3v) is 5.75. The molecule has 2 N–H and O–H groups in total. The van der Waals surface area contributed by atoms with Gasteiger partial charge in [0.1, 0.15) is 12.4 Å². The van der Waals surface area contributed by atoms with Gasteiger partial charge in [0.2, 0.25) is 0 Å². The van der Waals surface area contributed by atoms with Gasteiger partial charge in [-0.3, -0.25) is 0 Å². The van der Waals surface area contributed by atoms with Crippen LogP contribution >= 0.6 is 0 Å². The third kappa shape index (κ3) is 4.51. The predicted molar refractivity (Wildman–Crippen MR) is 111 cm³/mol. The Morgan fingerprint density at radius 2 is 1.81 bits per heavy atom. The van der Waals surface area contributed by atoms with Crippen LogP contribution in [0.3, 0.4) is 0 Å². The Morgan fingerprint density at radius 1 is 1.07 bits per heavy atom. The molecule has 27 heavy (non-hydrogen) atoms. The SMILES string of the molecule is CC1(C)CCC(NCCOc2ccc(-c3ccc4nc[nH]c4c3)cc2)CC1. The summed E-state index contributed by atoms with van der Waals surface area (Å²) >= 11 is 0. The Balaban J connectivity index is 1.26. The molecule has 0 saturated heterocycles. The molecule has 2 aromatic carbocycles. The largest absolute Gasteiger partial charge is 0.492 e. The number of hydrogen-bond acceptors (Lipinski definition) is 3. The molecular formula is C23H29N3O. The minimum atomic E-state index is 0.526. The van der Waals surface area contributed by atoms with Crippen molar-refractivity contribution >= 4 is 11.0 Å². The Morgan fingerprint density at radius 3 is 2.59 bits per heavy atom. The predicted octanol–water partition coefficient (Wildman–Crippen LogP) is 5.17.